The lowest BCUT2D eigenvalue weighted by atomic mass is 9.98. The number of hydrogen-bond donors (Lipinski definition) is 1. The van der Waals surface area contributed by atoms with Gasteiger partial charge in [-0.3, -0.25) is 0 Å². The average molecular weight is 290 g/mol. The highest BCUT2D eigenvalue weighted by Crippen LogP contribution is 2.19. The molecule has 1 aromatic rings. The van der Waals surface area contributed by atoms with Gasteiger partial charge in [0.1, 0.15) is 5.60 Å². The maximum atomic E-state index is 12.2. The lowest BCUT2D eigenvalue weighted by Gasteiger charge is -2.34. The first-order valence-corrected chi connectivity index (χ1v) is 7.71. The van der Waals surface area contributed by atoms with Crippen molar-refractivity contribution < 1.29 is 9.53 Å². The topological polar surface area (TPSA) is 41.6 Å². The van der Waals surface area contributed by atoms with Gasteiger partial charge < -0.3 is 15.0 Å². The van der Waals surface area contributed by atoms with Crippen LogP contribution in [0.4, 0.5) is 4.79 Å². The highest BCUT2D eigenvalue weighted by Gasteiger charge is 2.28. The molecule has 4 heteroatoms. The summed E-state index contributed by atoms with van der Waals surface area (Å²) in [6, 6.07) is 10.6. The van der Waals surface area contributed by atoms with Gasteiger partial charge >= 0.3 is 6.09 Å². The molecule has 1 aliphatic rings. The zero-order valence-electron chi connectivity index (χ0n) is 13.3. The van der Waals surface area contributed by atoms with Gasteiger partial charge in [-0.1, -0.05) is 30.3 Å². The van der Waals surface area contributed by atoms with E-state index in [9.17, 15) is 4.79 Å². The third-order valence-corrected chi connectivity index (χ3v) is 3.85. The predicted octanol–water partition coefficient (Wildman–Crippen LogP) is 2.83. The smallest absolute Gasteiger partial charge is 0.410 e. The van der Waals surface area contributed by atoms with Crippen molar-refractivity contribution in [2.75, 3.05) is 19.6 Å². The normalized spacial score (nSPS) is 19.4. The standard InChI is InChI=1S/C17H26N2O2/c1-14-13-19(12-11-18-14)16(20)21-17(2,3)10-9-15-7-5-4-6-8-15/h4-8,14,18H,9-13H2,1-3H3. The van der Waals surface area contributed by atoms with Crippen LogP contribution in [0.15, 0.2) is 30.3 Å². The van der Waals surface area contributed by atoms with Gasteiger partial charge in [0.2, 0.25) is 0 Å². The Bertz CT molecular complexity index is 459. The van der Waals surface area contributed by atoms with Crippen molar-refractivity contribution in [3.05, 3.63) is 35.9 Å². The molecule has 1 aromatic carbocycles. The molecule has 1 atom stereocenters. The maximum absolute atomic E-state index is 12.2. The largest absolute Gasteiger partial charge is 0.443 e. The summed E-state index contributed by atoms with van der Waals surface area (Å²) in [6.07, 6.45) is 1.55. The van der Waals surface area contributed by atoms with Crippen LogP contribution in [0.25, 0.3) is 0 Å². The van der Waals surface area contributed by atoms with Gasteiger partial charge in [0.25, 0.3) is 0 Å². The molecule has 1 heterocycles. The van der Waals surface area contributed by atoms with E-state index in [1.807, 2.05) is 32.0 Å². The van der Waals surface area contributed by atoms with Crippen molar-refractivity contribution in [3.8, 4) is 0 Å². The Morgan fingerprint density at radius 3 is 2.76 bits per heavy atom. The number of carbonyl (C=O) groups is 1. The Hall–Kier alpha value is -1.55. The van der Waals surface area contributed by atoms with Gasteiger partial charge in [-0.25, -0.2) is 4.79 Å². The van der Waals surface area contributed by atoms with E-state index in [1.54, 1.807) is 4.90 Å². The number of aryl methyl sites for hydroxylation is 1. The second-order valence-corrected chi connectivity index (χ2v) is 6.41. The summed E-state index contributed by atoms with van der Waals surface area (Å²) in [7, 11) is 0. The molecule has 1 aliphatic heterocycles. The average Bonchev–Trinajstić information content (AvgIpc) is 2.46. The monoisotopic (exact) mass is 290 g/mol. The van der Waals surface area contributed by atoms with E-state index in [4.69, 9.17) is 4.74 Å². The van der Waals surface area contributed by atoms with E-state index in [1.165, 1.54) is 5.56 Å². The van der Waals surface area contributed by atoms with Crippen LogP contribution in [0.3, 0.4) is 0 Å². The highest BCUT2D eigenvalue weighted by molar-refractivity contribution is 5.68. The van der Waals surface area contributed by atoms with Crippen LogP contribution in [-0.2, 0) is 11.2 Å². The fraction of sp³-hybridized carbons (Fsp3) is 0.588. The molecule has 1 saturated heterocycles. The molecule has 1 unspecified atom stereocenters. The first-order valence-electron chi connectivity index (χ1n) is 7.71. The van der Waals surface area contributed by atoms with Crippen molar-refractivity contribution in [2.45, 2.75) is 45.3 Å². The van der Waals surface area contributed by atoms with Crippen LogP contribution in [0.5, 0.6) is 0 Å². The Morgan fingerprint density at radius 2 is 2.10 bits per heavy atom. The summed E-state index contributed by atoms with van der Waals surface area (Å²) in [6.45, 7) is 8.32. The number of rotatable bonds is 4. The molecule has 1 fully saturated rings. The number of amides is 1. The second-order valence-electron chi connectivity index (χ2n) is 6.41. The van der Waals surface area contributed by atoms with Crippen molar-refractivity contribution >= 4 is 6.09 Å². The number of ether oxygens (including phenoxy) is 1. The Morgan fingerprint density at radius 1 is 1.38 bits per heavy atom. The molecule has 21 heavy (non-hydrogen) atoms. The molecular formula is C17H26N2O2. The molecule has 0 radical (unpaired) electrons. The van der Waals surface area contributed by atoms with Crippen molar-refractivity contribution in [1.29, 1.82) is 0 Å². The minimum Gasteiger partial charge on any atom is -0.443 e. The zero-order chi connectivity index (χ0) is 15.3. The first kappa shape index (κ1) is 15.8. The Balaban J connectivity index is 1.83. The van der Waals surface area contributed by atoms with Gasteiger partial charge in [0.05, 0.1) is 0 Å². The third-order valence-electron chi connectivity index (χ3n) is 3.85. The first-order chi connectivity index (χ1) is 9.96. The van der Waals surface area contributed by atoms with Crippen molar-refractivity contribution in [3.63, 3.8) is 0 Å². The molecular weight excluding hydrogens is 264 g/mol. The number of piperazine rings is 1. The molecule has 1 amide bonds. The van der Waals surface area contributed by atoms with E-state index in [2.05, 4.69) is 24.4 Å². The van der Waals surface area contributed by atoms with E-state index >= 15 is 0 Å². The van der Waals surface area contributed by atoms with E-state index < -0.39 is 5.60 Å². The van der Waals surface area contributed by atoms with Gasteiger partial charge in [0.15, 0.2) is 0 Å². The summed E-state index contributed by atoms with van der Waals surface area (Å²) < 4.78 is 5.71. The van der Waals surface area contributed by atoms with Crippen molar-refractivity contribution in [1.82, 2.24) is 10.2 Å². The van der Waals surface area contributed by atoms with Crippen LogP contribution >= 0.6 is 0 Å². The third kappa shape index (κ3) is 5.05. The second kappa shape index (κ2) is 6.94. The molecule has 0 aliphatic carbocycles. The van der Waals surface area contributed by atoms with Crippen LogP contribution in [-0.4, -0.2) is 42.3 Å². The van der Waals surface area contributed by atoms with Crippen molar-refractivity contribution in [2.24, 2.45) is 0 Å². The lowest BCUT2D eigenvalue weighted by Crippen LogP contribution is -2.52. The van der Waals surface area contributed by atoms with Crippen LogP contribution in [0, 0.1) is 0 Å². The maximum Gasteiger partial charge on any atom is 0.410 e. The minimum atomic E-state index is -0.443. The molecule has 0 bridgehead atoms. The molecule has 0 aromatic heterocycles. The summed E-state index contributed by atoms with van der Waals surface area (Å²) in [5.74, 6) is 0. The number of benzene rings is 1. The van der Waals surface area contributed by atoms with Gasteiger partial charge in [0, 0.05) is 25.7 Å². The van der Waals surface area contributed by atoms with E-state index in [0.29, 0.717) is 12.6 Å². The molecule has 0 saturated carbocycles. The van der Waals surface area contributed by atoms with E-state index in [-0.39, 0.29) is 6.09 Å². The Kier molecular flexibility index (Phi) is 5.23. The molecule has 1 N–H and O–H groups in total. The number of hydrogen-bond acceptors (Lipinski definition) is 3. The van der Waals surface area contributed by atoms with Crippen LogP contribution in [0.1, 0.15) is 32.8 Å². The zero-order valence-corrected chi connectivity index (χ0v) is 13.3. The summed E-state index contributed by atoms with van der Waals surface area (Å²) >= 11 is 0. The molecule has 4 nitrogen and oxygen atoms in total. The summed E-state index contributed by atoms with van der Waals surface area (Å²) in [5, 5.41) is 3.33. The van der Waals surface area contributed by atoms with Gasteiger partial charge in [-0.05, 0) is 39.2 Å². The predicted molar refractivity (Wildman–Crippen MR) is 84.4 cm³/mol. The highest BCUT2D eigenvalue weighted by atomic mass is 16.6. The van der Waals surface area contributed by atoms with Gasteiger partial charge in [-0.15, -0.1) is 0 Å². The quantitative estimate of drug-likeness (QED) is 0.927. The lowest BCUT2D eigenvalue weighted by molar-refractivity contribution is 0.00466. The molecule has 116 valence electrons. The molecule has 0 spiro atoms. The number of carbonyl (C=O) groups excluding carboxylic acids is 1. The minimum absolute atomic E-state index is 0.193. The summed E-state index contributed by atoms with van der Waals surface area (Å²) in [4.78, 5) is 14.0. The Labute approximate surface area is 127 Å². The fourth-order valence-electron chi connectivity index (χ4n) is 2.54. The fourth-order valence-corrected chi connectivity index (χ4v) is 2.54. The SMILES string of the molecule is CC1CN(C(=O)OC(C)(C)CCc2ccccc2)CCN1. The number of nitrogens with one attached hydrogen (secondary N) is 1. The number of nitrogens with zero attached hydrogens (tertiary/aromatic N) is 1. The van der Waals surface area contributed by atoms with Gasteiger partial charge in [-0.2, -0.15) is 0 Å². The van der Waals surface area contributed by atoms with Crippen LogP contribution in [0.2, 0.25) is 0 Å². The van der Waals surface area contributed by atoms with Crippen LogP contribution < -0.4 is 5.32 Å². The molecule has 2 rings (SSSR count). The van der Waals surface area contributed by atoms with E-state index in [0.717, 1.165) is 25.9 Å². The summed E-state index contributed by atoms with van der Waals surface area (Å²) in [5.41, 5.74) is 0.832.